The maximum Gasteiger partial charge on any atom is 0.221 e. The van der Waals surface area contributed by atoms with Crippen LogP contribution < -0.4 is 0 Å². The van der Waals surface area contributed by atoms with Crippen molar-refractivity contribution in [3.05, 3.63) is 60.9 Å². The third-order valence-corrected chi connectivity index (χ3v) is 2.91. The Labute approximate surface area is 106 Å². The molecule has 3 rings (SSSR count). The first kappa shape index (κ1) is 10.7. The number of nitrogens with zero attached hydrogens (tertiary/aromatic N) is 3. The molecule has 18 heavy (non-hydrogen) atoms. The summed E-state index contributed by atoms with van der Waals surface area (Å²) in [6.07, 6.45) is 2.61. The molecule has 0 saturated heterocycles. The molecule has 0 N–H and O–H groups in total. The number of aromatic nitrogens is 3. The Bertz CT molecular complexity index is 639. The van der Waals surface area contributed by atoms with Crippen molar-refractivity contribution in [3.8, 4) is 22.5 Å². The molecule has 1 radical (unpaired) electrons. The summed E-state index contributed by atoms with van der Waals surface area (Å²) in [4.78, 5) is 4.12. The third kappa shape index (κ3) is 1.91. The fourth-order valence-corrected chi connectivity index (χ4v) is 1.95. The molecule has 1 heterocycles. The van der Waals surface area contributed by atoms with Crippen molar-refractivity contribution in [2.45, 2.75) is 0 Å². The van der Waals surface area contributed by atoms with Crippen molar-refractivity contribution in [2.75, 3.05) is 0 Å². The van der Waals surface area contributed by atoms with Crippen molar-refractivity contribution in [1.29, 1.82) is 0 Å². The Morgan fingerprint density at radius 2 is 1.44 bits per heavy atom. The maximum atomic E-state index is 4.12. The summed E-state index contributed by atoms with van der Waals surface area (Å²) in [6.45, 7) is 0. The van der Waals surface area contributed by atoms with Crippen LogP contribution in [0.2, 0.25) is 0 Å². The summed E-state index contributed by atoms with van der Waals surface area (Å²) in [5.74, 6) is 0.828. The van der Waals surface area contributed by atoms with E-state index in [1.165, 1.54) is 11.1 Å². The Kier molecular flexibility index (Phi) is 2.65. The molecule has 0 bridgehead atoms. The topological polar surface area (TPSA) is 30.7 Å². The van der Waals surface area contributed by atoms with Crippen molar-refractivity contribution in [2.24, 2.45) is 7.05 Å². The second-order valence-corrected chi connectivity index (χ2v) is 4.10. The molecule has 0 fully saturated rings. The fourth-order valence-electron chi connectivity index (χ4n) is 1.95. The van der Waals surface area contributed by atoms with E-state index in [-0.39, 0.29) is 0 Å². The predicted octanol–water partition coefficient (Wildman–Crippen LogP) is 2.95. The lowest BCUT2D eigenvalue weighted by molar-refractivity contribution is 0.772. The molecular formula is C15H12N3. The molecule has 3 aromatic rings. The molecule has 0 saturated carbocycles. The van der Waals surface area contributed by atoms with E-state index in [1.54, 1.807) is 4.68 Å². The minimum absolute atomic E-state index is 0.828. The van der Waals surface area contributed by atoms with Crippen LogP contribution in [0.15, 0.2) is 54.6 Å². The summed E-state index contributed by atoms with van der Waals surface area (Å²) in [6, 6.07) is 18.6. The van der Waals surface area contributed by atoms with Crippen molar-refractivity contribution >= 4 is 0 Å². The average molecular weight is 234 g/mol. The molecule has 2 aromatic carbocycles. The van der Waals surface area contributed by atoms with Crippen molar-refractivity contribution < 1.29 is 0 Å². The van der Waals surface area contributed by atoms with E-state index in [4.69, 9.17) is 0 Å². The lowest BCUT2D eigenvalue weighted by atomic mass is 10.0. The van der Waals surface area contributed by atoms with E-state index in [1.807, 2.05) is 25.2 Å². The Balaban J connectivity index is 1.97. The van der Waals surface area contributed by atoms with Gasteiger partial charge in [0.15, 0.2) is 5.82 Å². The lowest BCUT2D eigenvalue weighted by Crippen LogP contribution is -1.94. The minimum atomic E-state index is 0.828. The molecule has 0 spiro atoms. The smallest absolute Gasteiger partial charge is 0.221 e. The van der Waals surface area contributed by atoms with Gasteiger partial charge >= 0.3 is 0 Å². The van der Waals surface area contributed by atoms with Crippen LogP contribution in [0.3, 0.4) is 0 Å². The summed E-state index contributed by atoms with van der Waals surface area (Å²) < 4.78 is 1.72. The molecule has 0 unspecified atom stereocenters. The minimum Gasteiger partial charge on any atom is -0.248 e. The monoisotopic (exact) mass is 234 g/mol. The first-order valence-corrected chi connectivity index (χ1v) is 5.77. The number of hydrogen-bond donors (Lipinski definition) is 0. The van der Waals surface area contributed by atoms with E-state index >= 15 is 0 Å². The highest BCUT2D eigenvalue weighted by Gasteiger charge is 2.04. The molecule has 87 valence electrons. The second-order valence-electron chi connectivity index (χ2n) is 4.10. The van der Waals surface area contributed by atoms with Gasteiger partial charge in [0.05, 0.1) is 0 Å². The van der Waals surface area contributed by atoms with Crippen LogP contribution in [0.5, 0.6) is 0 Å². The van der Waals surface area contributed by atoms with Gasteiger partial charge in [-0.25, -0.2) is 9.67 Å². The third-order valence-electron chi connectivity index (χ3n) is 2.91. The number of benzene rings is 2. The van der Waals surface area contributed by atoms with Gasteiger partial charge in [-0.15, -0.1) is 5.10 Å². The normalized spacial score (nSPS) is 10.5. The fraction of sp³-hybridized carbons (Fsp3) is 0.0667. The van der Waals surface area contributed by atoms with Gasteiger partial charge in [0.2, 0.25) is 6.33 Å². The largest absolute Gasteiger partial charge is 0.248 e. The van der Waals surface area contributed by atoms with Crippen LogP contribution >= 0.6 is 0 Å². The van der Waals surface area contributed by atoms with E-state index < -0.39 is 0 Å². The maximum absolute atomic E-state index is 4.12. The predicted molar refractivity (Wildman–Crippen MR) is 70.7 cm³/mol. The van der Waals surface area contributed by atoms with E-state index in [2.05, 4.69) is 52.8 Å². The van der Waals surface area contributed by atoms with Crippen LogP contribution in [0, 0.1) is 6.33 Å². The molecule has 0 atom stereocenters. The molecule has 0 aliphatic rings. The summed E-state index contributed by atoms with van der Waals surface area (Å²) >= 11 is 0. The van der Waals surface area contributed by atoms with Crippen LogP contribution in [0.1, 0.15) is 0 Å². The van der Waals surface area contributed by atoms with Crippen molar-refractivity contribution in [3.63, 3.8) is 0 Å². The van der Waals surface area contributed by atoms with Crippen LogP contribution in [0.25, 0.3) is 22.5 Å². The quantitative estimate of drug-likeness (QED) is 0.682. The van der Waals surface area contributed by atoms with Gasteiger partial charge in [0, 0.05) is 12.6 Å². The molecule has 0 aliphatic carbocycles. The molecule has 3 heteroatoms. The zero-order valence-corrected chi connectivity index (χ0v) is 10.0. The second kappa shape index (κ2) is 4.45. The molecule has 1 aromatic heterocycles. The molecule has 0 amide bonds. The van der Waals surface area contributed by atoms with Gasteiger partial charge < -0.3 is 0 Å². The molecule has 3 nitrogen and oxygen atoms in total. The number of aryl methyl sites for hydroxylation is 1. The first-order chi connectivity index (χ1) is 8.84. The zero-order valence-electron chi connectivity index (χ0n) is 10.0. The van der Waals surface area contributed by atoms with Crippen LogP contribution in [-0.4, -0.2) is 14.8 Å². The molecular weight excluding hydrogens is 222 g/mol. The van der Waals surface area contributed by atoms with E-state index in [0.717, 1.165) is 11.4 Å². The van der Waals surface area contributed by atoms with E-state index in [9.17, 15) is 0 Å². The lowest BCUT2D eigenvalue weighted by Gasteiger charge is -2.04. The highest BCUT2D eigenvalue weighted by Crippen LogP contribution is 2.22. The number of rotatable bonds is 2. The van der Waals surface area contributed by atoms with Gasteiger partial charge in [-0.05, 0) is 11.1 Å². The SMILES string of the molecule is Cn1n[c]nc1-c1ccc(-c2ccccc2)cc1. The van der Waals surface area contributed by atoms with Gasteiger partial charge in [-0.3, -0.25) is 0 Å². The van der Waals surface area contributed by atoms with Crippen molar-refractivity contribution in [1.82, 2.24) is 14.8 Å². The Hall–Kier alpha value is -2.42. The first-order valence-electron chi connectivity index (χ1n) is 5.77. The summed E-state index contributed by atoms with van der Waals surface area (Å²) in [7, 11) is 1.87. The summed E-state index contributed by atoms with van der Waals surface area (Å²) in [5.41, 5.74) is 3.46. The molecule has 0 aliphatic heterocycles. The highest BCUT2D eigenvalue weighted by atomic mass is 15.3. The van der Waals surface area contributed by atoms with Gasteiger partial charge in [0.1, 0.15) is 0 Å². The van der Waals surface area contributed by atoms with Crippen LogP contribution in [0.4, 0.5) is 0 Å². The van der Waals surface area contributed by atoms with E-state index in [0.29, 0.717) is 0 Å². The Morgan fingerprint density at radius 1 is 0.833 bits per heavy atom. The Morgan fingerprint density at radius 3 is 2.06 bits per heavy atom. The highest BCUT2D eigenvalue weighted by molar-refractivity contribution is 5.67. The van der Waals surface area contributed by atoms with Crippen LogP contribution in [-0.2, 0) is 7.05 Å². The average Bonchev–Trinajstić information content (AvgIpc) is 2.86. The van der Waals surface area contributed by atoms with Gasteiger partial charge in [0.25, 0.3) is 0 Å². The number of hydrogen-bond acceptors (Lipinski definition) is 2. The van der Waals surface area contributed by atoms with Gasteiger partial charge in [-0.1, -0.05) is 54.6 Å². The van der Waals surface area contributed by atoms with Gasteiger partial charge in [-0.2, -0.15) is 0 Å². The zero-order chi connectivity index (χ0) is 12.4. The summed E-state index contributed by atoms with van der Waals surface area (Å²) in [5, 5.41) is 3.95. The standard InChI is InChI=1S/C15H12N3/c1-18-15(16-11-17-18)14-9-7-13(8-10-14)12-5-3-2-4-6-12/h2-10H,1H3.